The molecular weight excluding hydrogens is 304 g/mol. The molecule has 0 saturated heterocycles. The Hall–Kier alpha value is -0.410. The van der Waals surface area contributed by atoms with Crippen LogP contribution >= 0.6 is 11.8 Å². The van der Waals surface area contributed by atoms with E-state index in [1.165, 1.54) is 17.8 Å². The normalized spacial score (nSPS) is 13.8. The number of rotatable bonds is 12. The first-order valence-electron chi connectivity index (χ1n) is 6.25. The van der Waals surface area contributed by atoms with Gasteiger partial charge in [-0.3, -0.25) is 4.79 Å². The molecule has 0 aromatic carbocycles. The van der Waals surface area contributed by atoms with Crippen molar-refractivity contribution in [3.8, 4) is 0 Å². The highest BCUT2D eigenvalue weighted by Gasteiger charge is 2.13. The summed E-state index contributed by atoms with van der Waals surface area (Å²) in [6, 6.07) is 0. The van der Waals surface area contributed by atoms with E-state index >= 15 is 0 Å². The van der Waals surface area contributed by atoms with Crippen LogP contribution in [-0.4, -0.2) is 66.9 Å². The molecule has 2 N–H and O–H groups in total. The minimum atomic E-state index is -3.23. The Bertz CT molecular complexity index is 391. The van der Waals surface area contributed by atoms with Gasteiger partial charge in [0.2, 0.25) is 0 Å². The lowest BCUT2D eigenvalue weighted by Crippen LogP contribution is -2.22. The Labute approximate surface area is 124 Å². The fourth-order valence-electron chi connectivity index (χ4n) is 1.25. The van der Waals surface area contributed by atoms with Crippen molar-refractivity contribution in [2.24, 2.45) is 0 Å². The van der Waals surface area contributed by atoms with Crippen LogP contribution in [0.2, 0.25) is 0 Å². The molecule has 0 aliphatic heterocycles. The summed E-state index contributed by atoms with van der Waals surface area (Å²) in [4.78, 5) is 11.1. The second-order valence-corrected chi connectivity index (χ2v) is 7.51. The molecule has 0 rings (SSSR count). The van der Waals surface area contributed by atoms with Gasteiger partial charge in [0.05, 0.1) is 31.1 Å². The van der Waals surface area contributed by atoms with Crippen molar-refractivity contribution < 1.29 is 28.2 Å². The van der Waals surface area contributed by atoms with Gasteiger partial charge < -0.3 is 14.9 Å². The third-order valence-corrected chi connectivity index (χ3v) is 5.04. The quantitative estimate of drug-likeness (QED) is 0.296. The van der Waals surface area contributed by atoms with Crippen LogP contribution in [-0.2, 0) is 19.4 Å². The van der Waals surface area contributed by atoms with E-state index in [1.54, 1.807) is 13.0 Å². The lowest BCUT2D eigenvalue weighted by molar-refractivity contribution is -0.130. The average molecular weight is 326 g/mol. The summed E-state index contributed by atoms with van der Waals surface area (Å²) in [6.07, 6.45) is 1.42. The second-order valence-electron chi connectivity index (χ2n) is 3.98. The number of thioether (sulfide) groups is 1. The zero-order valence-corrected chi connectivity index (χ0v) is 13.2. The molecule has 1 unspecified atom stereocenters. The highest BCUT2D eigenvalue weighted by molar-refractivity contribution is 8.00. The minimum Gasteiger partial charge on any atom is -0.396 e. The van der Waals surface area contributed by atoms with Crippen LogP contribution < -0.4 is 0 Å². The molecule has 6 nitrogen and oxygen atoms in total. The molecule has 0 aromatic rings. The van der Waals surface area contributed by atoms with E-state index in [9.17, 15) is 18.3 Å². The van der Waals surface area contributed by atoms with E-state index in [2.05, 4.69) is 0 Å². The number of aliphatic hydroxyl groups excluding tert-OH is 2. The van der Waals surface area contributed by atoms with Gasteiger partial charge in [0.1, 0.15) is 0 Å². The fourth-order valence-corrected chi connectivity index (χ4v) is 3.63. The summed E-state index contributed by atoms with van der Waals surface area (Å²) in [5.74, 6) is 0.474. The number of carbonyl (C=O) groups excluding carboxylic acids is 1. The maximum absolute atomic E-state index is 11.6. The molecule has 0 spiro atoms. The lowest BCUT2D eigenvalue weighted by Gasteiger charge is -2.10. The zero-order chi connectivity index (χ0) is 15.4. The fraction of sp³-hybridized carbons (Fsp3) is 0.750. The van der Waals surface area contributed by atoms with Gasteiger partial charge in [0.15, 0.2) is 21.9 Å². The summed E-state index contributed by atoms with van der Waals surface area (Å²) < 4.78 is 28.1. The number of ketones is 1. The van der Waals surface area contributed by atoms with Crippen molar-refractivity contribution in [1.82, 2.24) is 0 Å². The van der Waals surface area contributed by atoms with Crippen molar-refractivity contribution in [1.29, 1.82) is 0 Å². The molecule has 118 valence electrons. The molecule has 0 fully saturated rings. The predicted octanol–water partition coefficient (Wildman–Crippen LogP) is -0.00300. The maximum atomic E-state index is 11.6. The van der Waals surface area contributed by atoms with Gasteiger partial charge in [0.25, 0.3) is 0 Å². The van der Waals surface area contributed by atoms with Crippen molar-refractivity contribution >= 4 is 27.4 Å². The van der Waals surface area contributed by atoms with E-state index < -0.39 is 16.1 Å². The number of carbonyl (C=O) groups is 1. The second kappa shape index (κ2) is 11.3. The Morgan fingerprint density at radius 1 is 1.35 bits per heavy atom. The first kappa shape index (κ1) is 19.6. The van der Waals surface area contributed by atoms with Gasteiger partial charge >= 0.3 is 0 Å². The van der Waals surface area contributed by atoms with E-state index in [1.807, 2.05) is 0 Å². The first-order valence-corrected chi connectivity index (χ1v) is 9.23. The first-order chi connectivity index (χ1) is 9.41. The van der Waals surface area contributed by atoms with Gasteiger partial charge in [-0.2, -0.15) is 11.8 Å². The number of aliphatic hydroxyl groups is 2. The Balaban J connectivity index is 3.83. The average Bonchev–Trinajstić information content (AvgIpc) is 2.34. The molecule has 0 amide bonds. The molecule has 0 aliphatic carbocycles. The third kappa shape index (κ3) is 11.4. The topological polar surface area (TPSA) is 101 Å². The van der Waals surface area contributed by atoms with Gasteiger partial charge in [-0.25, -0.2) is 8.42 Å². The molecule has 0 saturated carbocycles. The molecule has 0 radical (unpaired) electrons. The SMILES string of the molecule is CC=CC(=O)CC(O)OCCS(=O)(=O)CCSCCO. The molecule has 0 aromatic heterocycles. The van der Waals surface area contributed by atoms with Crippen molar-refractivity contribution in [3.05, 3.63) is 12.2 Å². The molecular formula is C12H22O6S2. The summed E-state index contributed by atoms with van der Waals surface area (Å²) >= 11 is 1.36. The molecule has 20 heavy (non-hydrogen) atoms. The van der Waals surface area contributed by atoms with E-state index in [4.69, 9.17) is 9.84 Å². The summed E-state index contributed by atoms with van der Waals surface area (Å²) in [7, 11) is -3.23. The van der Waals surface area contributed by atoms with Crippen LogP contribution in [0.15, 0.2) is 12.2 Å². The Morgan fingerprint density at radius 3 is 2.65 bits per heavy atom. The smallest absolute Gasteiger partial charge is 0.161 e. The van der Waals surface area contributed by atoms with Gasteiger partial charge in [-0.1, -0.05) is 6.08 Å². The van der Waals surface area contributed by atoms with E-state index in [-0.39, 0.29) is 36.9 Å². The third-order valence-electron chi connectivity index (χ3n) is 2.21. The van der Waals surface area contributed by atoms with Crippen molar-refractivity contribution in [2.45, 2.75) is 19.6 Å². The van der Waals surface area contributed by atoms with Gasteiger partial charge in [0, 0.05) is 11.5 Å². The van der Waals surface area contributed by atoms with Crippen LogP contribution in [0.4, 0.5) is 0 Å². The van der Waals surface area contributed by atoms with Gasteiger partial charge in [-0.05, 0) is 13.0 Å². The number of sulfone groups is 1. The van der Waals surface area contributed by atoms with Crippen LogP contribution in [0.5, 0.6) is 0 Å². The van der Waals surface area contributed by atoms with Crippen molar-refractivity contribution in [2.75, 3.05) is 36.2 Å². The van der Waals surface area contributed by atoms with Crippen molar-refractivity contribution in [3.63, 3.8) is 0 Å². The highest BCUT2D eigenvalue weighted by atomic mass is 32.2. The van der Waals surface area contributed by atoms with Crippen LogP contribution in [0, 0.1) is 0 Å². The summed E-state index contributed by atoms with van der Waals surface area (Å²) in [5, 5.41) is 17.9. The zero-order valence-electron chi connectivity index (χ0n) is 11.5. The van der Waals surface area contributed by atoms with E-state index in [0.29, 0.717) is 11.5 Å². The van der Waals surface area contributed by atoms with Gasteiger partial charge in [-0.15, -0.1) is 0 Å². The molecule has 0 heterocycles. The standard InChI is InChI=1S/C12H22O6S2/c1-2-3-11(14)10-12(15)18-5-8-20(16,17)9-7-19-6-4-13/h2-3,12-13,15H,4-10H2,1H3. The number of ether oxygens (including phenoxy) is 1. The van der Waals surface area contributed by atoms with Crippen LogP contribution in [0.1, 0.15) is 13.3 Å². The summed E-state index contributed by atoms with van der Waals surface area (Å²) in [5.41, 5.74) is 0. The number of hydrogen-bond acceptors (Lipinski definition) is 7. The van der Waals surface area contributed by atoms with Crippen LogP contribution in [0.25, 0.3) is 0 Å². The number of allylic oxidation sites excluding steroid dienone is 2. The minimum absolute atomic E-state index is 0.00856. The molecule has 0 aliphatic rings. The monoisotopic (exact) mass is 326 g/mol. The number of hydrogen-bond donors (Lipinski definition) is 2. The Morgan fingerprint density at radius 2 is 2.05 bits per heavy atom. The van der Waals surface area contributed by atoms with E-state index in [0.717, 1.165) is 0 Å². The largest absolute Gasteiger partial charge is 0.396 e. The molecule has 8 heteroatoms. The highest BCUT2D eigenvalue weighted by Crippen LogP contribution is 2.03. The predicted molar refractivity (Wildman–Crippen MR) is 79.5 cm³/mol. The lowest BCUT2D eigenvalue weighted by atomic mass is 10.2. The maximum Gasteiger partial charge on any atom is 0.161 e. The molecule has 0 bridgehead atoms. The Kier molecular flexibility index (Phi) is 11.0. The molecule has 1 atom stereocenters. The summed E-state index contributed by atoms with van der Waals surface area (Å²) in [6.45, 7) is 1.57. The van der Waals surface area contributed by atoms with Crippen LogP contribution in [0.3, 0.4) is 0 Å².